The van der Waals surface area contributed by atoms with E-state index in [4.69, 9.17) is 9.47 Å². The van der Waals surface area contributed by atoms with Crippen molar-refractivity contribution in [2.75, 3.05) is 0 Å². The van der Waals surface area contributed by atoms with E-state index in [1.165, 1.54) is 66.1 Å². The highest BCUT2D eigenvalue weighted by Gasteiger charge is 2.25. The third kappa shape index (κ3) is 7.86. The number of aromatic hydroxyl groups is 2. The van der Waals surface area contributed by atoms with Crippen molar-refractivity contribution in [3.8, 4) is 56.6 Å². The Labute approximate surface area is 406 Å². The molecule has 10 aromatic rings. The third-order valence-corrected chi connectivity index (χ3v) is 14.6. The lowest BCUT2D eigenvalue weighted by molar-refractivity contribution is 0.131. The highest BCUT2D eigenvalue weighted by atomic mass is 16.5. The summed E-state index contributed by atoms with van der Waals surface area (Å²) in [6, 6.07) is 42.3. The molecule has 0 aliphatic carbocycles. The normalized spacial score (nSPS) is 12.7. The summed E-state index contributed by atoms with van der Waals surface area (Å²) in [6.45, 7) is 25.5. The lowest BCUT2D eigenvalue weighted by Gasteiger charge is -2.24. The maximum atomic E-state index is 12.4. The first-order chi connectivity index (χ1) is 33.0. The van der Waals surface area contributed by atoms with Crippen molar-refractivity contribution in [2.24, 2.45) is 0 Å². The van der Waals surface area contributed by atoms with E-state index >= 15 is 0 Å². The summed E-state index contributed by atoms with van der Waals surface area (Å²) in [5, 5.41) is 29.5. The number of phenolic OH excluding ortho intramolecular Hbond substituents is 2. The Morgan fingerprint density at radius 1 is 0.377 bits per heavy atom. The molecule has 69 heavy (non-hydrogen) atoms. The molecule has 2 heterocycles. The molecule has 0 radical (unpaired) electrons. The van der Waals surface area contributed by atoms with Crippen LogP contribution in [-0.2, 0) is 0 Å². The molecule has 10 rings (SSSR count). The van der Waals surface area contributed by atoms with Crippen LogP contribution in [0.15, 0.2) is 121 Å². The van der Waals surface area contributed by atoms with Gasteiger partial charge in [0.25, 0.3) is 0 Å². The number of phenols is 2. The van der Waals surface area contributed by atoms with E-state index in [0.717, 1.165) is 55.7 Å². The standard InChI is InChI=1S/C63H62N2O4/c1-34-21-52(62(66)58(23-34)64-54-29-40(7)36(3)25-48(54)49-26-37(4)41(8)30-55(49)64)46-17-13-15-19-60(46)68-44(11)33-45(12)69-61-20-16-14-18-47(61)53-22-35(2)24-59(63(53)67)65-56-31-42(9)38(5)27-50(56)51-28-39(6)43(10)32-57(51)65/h13-32,44-45,66-67H,33H2,1-12H3/t44-,45-/m1/s1. The smallest absolute Gasteiger partial charge is 0.147 e. The number of aromatic nitrogens is 2. The molecule has 0 fully saturated rings. The van der Waals surface area contributed by atoms with Crippen LogP contribution in [0, 0.1) is 69.2 Å². The van der Waals surface area contributed by atoms with Gasteiger partial charge < -0.3 is 28.8 Å². The monoisotopic (exact) mass is 910 g/mol. The first kappa shape index (κ1) is 45.3. The van der Waals surface area contributed by atoms with Gasteiger partial charge in [0.1, 0.15) is 23.0 Å². The summed E-state index contributed by atoms with van der Waals surface area (Å²) in [5.74, 6) is 1.76. The molecule has 0 amide bonds. The van der Waals surface area contributed by atoms with E-state index in [2.05, 4.69) is 153 Å². The SMILES string of the molecule is Cc1cc(-c2ccccc2O[C@H](C)C[C@@H](C)Oc2ccccc2-c2cc(C)cc(-n3c4cc(C)c(C)cc4c4cc(C)c(C)cc43)c2O)c(O)c(-n2c3cc(C)c(C)cc3c3cc(C)c(C)cc32)c1. The fourth-order valence-electron chi connectivity index (χ4n) is 10.4. The number of rotatable bonds is 10. The predicted octanol–water partition coefficient (Wildman–Crippen LogP) is 16.3. The molecule has 0 spiro atoms. The second-order valence-electron chi connectivity index (χ2n) is 19.9. The van der Waals surface area contributed by atoms with Gasteiger partial charge in [-0.05, 0) is 224 Å². The summed E-state index contributed by atoms with van der Waals surface area (Å²) in [5.41, 5.74) is 20.6. The van der Waals surface area contributed by atoms with E-state index in [9.17, 15) is 10.2 Å². The lowest BCUT2D eigenvalue weighted by atomic mass is 9.99. The number of para-hydroxylation sites is 2. The number of hydrogen-bond acceptors (Lipinski definition) is 4. The van der Waals surface area contributed by atoms with Gasteiger partial charge in [0.15, 0.2) is 0 Å². The Hall–Kier alpha value is -7.44. The highest BCUT2D eigenvalue weighted by Crippen LogP contribution is 2.46. The predicted molar refractivity (Wildman–Crippen MR) is 288 cm³/mol. The summed E-state index contributed by atoms with van der Waals surface area (Å²) in [7, 11) is 0. The highest BCUT2D eigenvalue weighted by molar-refractivity contribution is 6.12. The number of benzene rings is 8. The molecule has 0 bridgehead atoms. The number of ether oxygens (including phenoxy) is 2. The van der Waals surface area contributed by atoms with Crippen LogP contribution in [0.2, 0.25) is 0 Å². The topological polar surface area (TPSA) is 68.8 Å². The molecule has 348 valence electrons. The van der Waals surface area contributed by atoms with Gasteiger partial charge in [-0.3, -0.25) is 0 Å². The Bertz CT molecular complexity index is 3340. The van der Waals surface area contributed by atoms with Crippen LogP contribution >= 0.6 is 0 Å². The molecule has 0 saturated heterocycles. The maximum absolute atomic E-state index is 12.4. The largest absolute Gasteiger partial charge is 0.505 e. The summed E-state index contributed by atoms with van der Waals surface area (Å²) in [4.78, 5) is 0. The van der Waals surface area contributed by atoms with E-state index in [1.54, 1.807) is 0 Å². The third-order valence-electron chi connectivity index (χ3n) is 14.6. The number of nitrogens with zero attached hydrogens (tertiary/aromatic N) is 2. The lowest BCUT2D eigenvalue weighted by Crippen LogP contribution is -2.23. The molecule has 0 saturated carbocycles. The van der Waals surface area contributed by atoms with Gasteiger partial charge in [0.05, 0.1) is 45.6 Å². The van der Waals surface area contributed by atoms with E-state index < -0.39 is 0 Å². The van der Waals surface area contributed by atoms with Crippen LogP contribution in [0.25, 0.3) is 77.2 Å². The maximum Gasteiger partial charge on any atom is 0.147 e. The van der Waals surface area contributed by atoms with Crippen molar-refractivity contribution in [1.29, 1.82) is 0 Å². The first-order valence-corrected chi connectivity index (χ1v) is 24.2. The molecular weight excluding hydrogens is 849 g/mol. The summed E-state index contributed by atoms with van der Waals surface area (Å²) < 4.78 is 18.1. The molecule has 8 aromatic carbocycles. The molecule has 0 aliphatic heterocycles. The van der Waals surface area contributed by atoms with Crippen molar-refractivity contribution < 1.29 is 19.7 Å². The summed E-state index contributed by atoms with van der Waals surface area (Å²) in [6.07, 6.45) is 0.0854. The zero-order valence-corrected chi connectivity index (χ0v) is 42.0. The van der Waals surface area contributed by atoms with Gasteiger partial charge >= 0.3 is 0 Å². The van der Waals surface area contributed by atoms with Crippen LogP contribution in [0.1, 0.15) is 75.9 Å². The molecule has 6 nitrogen and oxygen atoms in total. The van der Waals surface area contributed by atoms with Crippen LogP contribution in [0.4, 0.5) is 0 Å². The molecule has 6 heteroatoms. The van der Waals surface area contributed by atoms with E-state index in [-0.39, 0.29) is 23.7 Å². The van der Waals surface area contributed by atoms with Crippen molar-refractivity contribution in [1.82, 2.24) is 9.13 Å². The fourth-order valence-corrected chi connectivity index (χ4v) is 10.4. The quantitative estimate of drug-likeness (QED) is 0.143. The number of fused-ring (bicyclic) bond motifs is 6. The first-order valence-electron chi connectivity index (χ1n) is 24.2. The number of aryl methyl sites for hydroxylation is 10. The Morgan fingerprint density at radius 3 is 0.986 bits per heavy atom. The molecule has 0 unspecified atom stereocenters. The minimum Gasteiger partial charge on any atom is -0.505 e. The van der Waals surface area contributed by atoms with Gasteiger partial charge in [-0.15, -0.1) is 0 Å². The van der Waals surface area contributed by atoms with Crippen molar-refractivity contribution in [3.63, 3.8) is 0 Å². The Morgan fingerprint density at radius 2 is 0.667 bits per heavy atom. The van der Waals surface area contributed by atoms with Gasteiger partial charge in [0.2, 0.25) is 0 Å². The van der Waals surface area contributed by atoms with Crippen LogP contribution in [0.3, 0.4) is 0 Å². The molecular formula is C63H62N2O4. The van der Waals surface area contributed by atoms with E-state index in [1.807, 2.05) is 60.7 Å². The molecule has 0 aliphatic rings. The van der Waals surface area contributed by atoms with Gasteiger partial charge in [-0.25, -0.2) is 0 Å². The average Bonchev–Trinajstić information content (AvgIpc) is 3.75. The van der Waals surface area contributed by atoms with Crippen molar-refractivity contribution >= 4 is 43.6 Å². The Balaban J connectivity index is 0.958. The molecule has 2 N–H and O–H groups in total. The van der Waals surface area contributed by atoms with Gasteiger partial charge in [0, 0.05) is 50.2 Å². The second-order valence-corrected chi connectivity index (χ2v) is 19.9. The van der Waals surface area contributed by atoms with Crippen molar-refractivity contribution in [2.45, 2.75) is 102 Å². The minimum atomic E-state index is -0.247. The zero-order chi connectivity index (χ0) is 48.7. The van der Waals surface area contributed by atoms with Crippen molar-refractivity contribution in [3.05, 3.63) is 177 Å². The van der Waals surface area contributed by atoms with Gasteiger partial charge in [-0.2, -0.15) is 0 Å². The Kier molecular flexibility index (Phi) is 11.3. The minimum absolute atomic E-state index is 0.198. The zero-order valence-electron chi connectivity index (χ0n) is 42.0. The fraction of sp³-hybridized carbons (Fsp3) is 0.238. The average molecular weight is 911 g/mol. The van der Waals surface area contributed by atoms with Crippen LogP contribution in [0.5, 0.6) is 23.0 Å². The van der Waals surface area contributed by atoms with Crippen LogP contribution in [-0.4, -0.2) is 31.6 Å². The van der Waals surface area contributed by atoms with E-state index in [0.29, 0.717) is 29.0 Å². The molecule has 2 aromatic heterocycles. The van der Waals surface area contributed by atoms with Crippen LogP contribution < -0.4 is 9.47 Å². The summed E-state index contributed by atoms with van der Waals surface area (Å²) >= 11 is 0. The molecule has 2 atom stereocenters. The second kappa shape index (κ2) is 17.3. The number of hydrogen-bond donors (Lipinski definition) is 2. The van der Waals surface area contributed by atoms with Gasteiger partial charge in [-0.1, -0.05) is 36.4 Å².